The van der Waals surface area contributed by atoms with Crippen LogP contribution in [0.1, 0.15) is 20.3 Å². The van der Waals surface area contributed by atoms with Crippen molar-refractivity contribution in [2.45, 2.75) is 26.2 Å². The Bertz CT molecular complexity index is 76.2. The van der Waals surface area contributed by atoms with Crippen LogP contribution in [0.4, 0.5) is 8.78 Å². The summed E-state index contributed by atoms with van der Waals surface area (Å²) >= 11 is 0. The first-order valence-corrected chi connectivity index (χ1v) is 3.79. The average Bonchev–Trinajstić information content (AvgIpc) is 2.43. The maximum atomic E-state index is 11.9. The second-order valence-electron chi connectivity index (χ2n) is 1.78. The van der Waals surface area contributed by atoms with E-state index in [0.717, 1.165) is 0 Å². The lowest BCUT2D eigenvalue weighted by molar-refractivity contribution is 0.0238. The Morgan fingerprint density at radius 1 is 1.27 bits per heavy atom. The highest BCUT2D eigenvalue weighted by Crippen LogP contribution is 2.19. The van der Waals surface area contributed by atoms with E-state index in [-0.39, 0.29) is 13.0 Å². The fraction of sp³-hybridized carbons (Fsp3) is 0.750. The Labute approximate surface area is 67.5 Å². The van der Waals surface area contributed by atoms with Crippen LogP contribution in [0.2, 0.25) is 0 Å². The highest BCUT2D eigenvalue weighted by atomic mass is 19.3. The van der Waals surface area contributed by atoms with Gasteiger partial charge < -0.3 is 5.32 Å². The fourth-order valence-corrected chi connectivity index (χ4v) is 0.631. The van der Waals surface area contributed by atoms with Crippen molar-refractivity contribution in [1.82, 2.24) is 5.32 Å². The largest absolute Gasteiger partial charge is 0.311 e. The van der Waals surface area contributed by atoms with Crippen LogP contribution in [-0.2, 0) is 0 Å². The number of halogens is 2. The van der Waals surface area contributed by atoms with Crippen molar-refractivity contribution < 1.29 is 8.78 Å². The number of rotatable bonds is 0. The van der Waals surface area contributed by atoms with Crippen LogP contribution >= 0.6 is 0 Å². The molecule has 1 nitrogen and oxygen atoms in total. The third kappa shape index (κ3) is 7.46. The fourth-order valence-electron chi connectivity index (χ4n) is 0.631. The summed E-state index contributed by atoms with van der Waals surface area (Å²) < 4.78 is 23.8. The molecule has 0 unspecified atom stereocenters. The van der Waals surface area contributed by atoms with E-state index in [9.17, 15) is 8.78 Å². The van der Waals surface area contributed by atoms with Gasteiger partial charge in [-0.15, -0.1) is 13.2 Å². The van der Waals surface area contributed by atoms with E-state index in [1.807, 2.05) is 13.8 Å². The van der Waals surface area contributed by atoms with Gasteiger partial charge in [-0.25, -0.2) is 8.78 Å². The maximum Gasteiger partial charge on any atom is 0.261 e. The number of alkyl halides is 2. The molecule has 1 aliphatic heterocycles. The molecule has 0 bridgehead atoms. The highest BCUT2D eigenvalue weighted by Gasteiger charge is 2.32. The molecule has 0 aromatic heterocycles. The van der Waals surface area contributed by atoms with Gasteiger partial charge in [-0.1, -0.05) is 13.8 Å². The summed E-state index contributed by atoms with van der Waals surface area (Å²) in [5.41, 5.74) is 0. The molecule has 68 valence electrons. The van der Waals surface area contributed by atoms with E-state index in [4.69, 9.17) is 0 Å². The van der Waals surface area contributed by atoms with Gasteiger partial charge in [-0.2, -0.15) is 0 Å². The van der Waals surface area contributed by atoms with Crippen LogP contribution in [0.5, 0.6) is 0 Å². The van der Waals surface area contributed by atoms with E-state index < -0.39 is 5.92 Å². The molecular weight excluding hydrogens is 148 g/mol. The van der Waals surface area contributed by atoms with Crippen molar-refractivity contribution >= 4 is 0 Å². The molecule has 0 spiro atoms. The minimum atomic E-state index is -2.42. The first-order chi connectivity index (χ1) is 5.21. The van der Waals surface area contributed by atoms with E-state index in [1.54, 1.807) is 0 Å². The molecule has 1 heterocycles. The molecule has 0 atom stereocenters. The van der Waals surface area contributed by atoms with Gasteiger partial charge in [0, 0.05) is 13.0 Å². The van der Waals surface area contributed by atoms with E-state index in [0.29, 0.717) is 6.54 Å². The van der Waals surface area contributed by atoms with Gasteiger partial charge in [0.2, 0.25) is 0 Å². The molecule has 0 radical (unpaired) electrons. The zero-order valence-electron chi connectivity index (χ0n) is 7.29. The van der Waals surface area contributed by atoms with Crippen molar-refractivity contribution in [2.75, 3.05) is 13.1 Å². The quantitative estimate of drug-likeness (QED) is 0.544. The Morgan fingerprint density at radius 2 is 1.73 bits per heavy atom. The molecule has 11 heavy (non-hydrogen) atoms. The lowest BCUT2D eigenvalue weighted by Gasteiger charge is -2.02. The van der Waals surface area contributed by atoms with Crippen LogP contribution in [0, 0.1) is 0 Å². The van der Waals surface area contributed by atoms with Gasteiger partial charge in [-0.3, -0.25) is 0 Å². The normalized spacial score (nSPS) is 18.9. The molecule has 1 rings (SSSR count). The van der Waals surface area contributed by atoms with Crippen molar-refractivity contribution in [3.63, 3.8) is 0 Å². The molecule has 1 fully saturated rings. The molecule has 0 amide bonds. The monoisotopic (exact) mass is 165 g/mol. The number of hydrogen-bond acceptors (Lipinski definition) is 1. The third-order valence-electron chi connectivity index (χ3n) is 1.05. The molecule has 1 aliphatic rings. The summed E-state index contributed by atoms with van der Waals surface area (Å²) in [5, 5.41) is 2.56. The van der Waals surface area contributed by atoms with E-state index >= 15 is 0 Å². The Kier molecular flexibility index (Phi) is 9.18. The molecule has 3 heteroatoms. The van der Waals surface area contributed by atoms with Crippen LogP contribution < -0.4 is 5.32 Å². The van der Waals surface area contributed by atoms with E-state index in [2.05, 4.69) is 18.5 Å². The van der Waals surface area contributed by atoms with Gasteiger partial charge in [-0.05, 0) is 0 Å². The number of nitrogens with one attached hydrogen (secondary N) is 1. The highest BCUT2D eigenvalue weighted by molar-refractivity contribution is 4.77. The van der Waals surface area contributed by atoms with Gasteiger partial charge in [0.25, 0.3) is 5.92 Å². The van der Waals surface area contributed by atoms with Crippen LogP contribution in [0.25, 0.3) is 0 Å². The molecule has 1 saturated heterocycles. The van der Waals surface area contributed by atoms with Crippen molar-refractivity contribution in [2.24, 2.45) is 0 Å². The zero-order chi connectivity index (χ0) is 9.33. The van der Waals surface area contributed by atoms with Gasteiger partial charge in [0.15, 0.2) is 0 Å². The second-order valence-corrected chi connectivity index (χ2v) is 1.78. The summed E-state index contributed by atoms with van der Waals surface area (Å²) in [6, 6.07) is 0. The van der Waals surface area contributed by atoms with Gasteiger partial charge >= 0.3 is 0 Å². The summed E-state index contributed by atoms with van der Waals surface area (Å²) in [4.78, 5) is 0. The average molecular weight is 165 g/mol. The summed E-state index contributed by atoms with van der Waals surface area (Å²) in [5.74, 6) is -2.42. The van der Waals surface area contributed by atoms with Crippen LogP contribution in [0.3, 0.4) is 0 Å². The minimum absolute atomic E-state index is 0.00694. The first-order valence-electron chi connectivity index (χ1n) is 3.79. The Balaban J connectivity index is 0. The van der Waals surface area contributed by atoms with Gasteiger partial charge in [0.05, 0.1) is 6.54 Å². The predicted octanol–water partition coefficient (Wildman–Crippen LogP) is 2.44. The number of hydrogen-bond donors (Lipinski definition) is 1. The first kappa shape index (κ1) is 13.2. The summed E-state index contributed by atoms with van der Waals surface area (Å²) in [6.07, 6.45) is 0.00694. The Morgan fingerprint density at radius 3 is 1.82 bits per heavy atom. The SMILES string of the molecule is C=C.CC.FC1(F)CCNC1. The topological polar surface area (TPSA) is 12.0 Å². The van der Waals surface area contributed by atoms with Crippen molar-refractivity contribution in [1.29, 1.82) is 0 Å². The predicted molar refractivity (Wildman–Crippen MR) is 45.0 cm³/mol. The van der Waals surface area contributed by atoms with Crippen molar-refractivity contribution in [3.8, 4) is 0 Å². The molecule has 1 N–H and O–H groups in total. The van der Waals surface area contributed by atoms with Crippen LogP contribution in [-0.4, -0.2) is 19.0 Å². The molecule has 0 aromatic carbocycles. The molecule has 0 aromatic rings. The third-order valence-corrected chi connectivity index (χ3v) is 1.05. The summed E-state index contributed by atoms with van der Waals surface area (Å²) in [6.45, 7) is 10.3. The summed E-state index contributed by atoms with van der Waals surface area (Å²) in [7, 11) is 0. The van der Waals surface area contributed by atoms with Gasteiger partial charge in [0.1, 0.15) is 0 Å². The van der Waals surface area contributed by atoms with Crippen LogP contribution in [0.15, 0.2) is 13.2 Å². The lowest BCUT2D eigenvalue weighted by atomic mass is 10.3. The Hall–Kier alpha value is -0.440. The van der Waals surface area contributed by atoms with Crippen molar-refractivity contribution in [3.05, 3.63) is 13.2 Å². The standard InChI is InChI=1S/C4H7F2N.C2H6.C2H4/c5-4(6)1-2-7-3-4;2*1-2/h7H,1-3H2;1-2H3;1-2H2. The smallest absolute Gasteiger partial charge is 0.261 e. The lowest BCUT2D eigenvalue weighted by Crippen LogP contribution is -2.18. The second kappa shape index (κ2) is 7.66. The minimum Gasteiger partial charge on any atom is -0.311 e. The zero-order valence-corrected chi connectivity index (χ0v) is 7.29. The maximum absolute atomic E-state index is 11.9. The molecular formula is C8H17F2N. The molecule has 0 aliphatic carbocycles. The van der Waals surface area contributed by atoms with E-state index in [1.165, 1.54) is 0 Å². The molecule has 0 saturated carbocycles.